The van der Waals surface area contributed by atoms with Crippen molar-refractivity contribution >= 4 is 47.0 Å². The van der Waals surface area contributed by atoms with Gasteiger partial charge in [0.15, 0.2) is 0 Å². The lowest BCUT2D eigenvalue weighted by Gasteiger charge is -2.21. The zero-order chi connectivity index (χ0) is 21.0. The van der Waals surface area contributed by atoms with Gasteiger partial charge in [0.2, 0.25) is 0 Å². The van der Waals surface area contributed by atoms with Crippen LogP contribution in [0, 0.1) is 0 Å². The van der Waals surface area contributed by atoms with Crippen molar-refractivity contribution < 1.29 is 5.11 Å². The predicted molar refractivity (Wildman–Crippen MR) is 124 cm³/mol. The monoisotopic (exact) mass is 424 g/mol. The van der Waals surface area contributed by atoms with Gasteiger partial charge in [-0.2, -0.15) is 0 Å². The Morgan fingerprint density at radius 2 is 1.17 bits per heavy atom. The van der Waals surface area contributed by atoms with E-state index in [9.17, 15) is 5.11 Å². The zero-order valence-electron chi connectivity index (χ0n) is 16.5. The largest absolute Gasteiger partial charge is 0.507 e. The summed E-state index contributed by atoms with van der Waals surface area (Å²) >= 11 is 12.4. The summed E-state index contributed by atoms with van der Waals surface area (Å²) in [6, 6.07) is 18.5. The van der Waals surface area contributed by atoms with Crippen molar-refractivity contribution in [1.29, 1.82) is 0 Å². The molecule has 0 spiro atoms. The molecule has 0 saturated heterocycles. The van der Waals surface area contributed by atoms with Crippen LogP contribution in [0.2, 0.25) is 10.0 Å². The Bertz CT molecular complexity index is 1010. The Balaban J connectivity index is 2.06. The lowest BCUT2D eigenvalue weighted by molar-refractivity contribution is 0.472. The first-order chi connectivity index (χ1) is 13.8. The molecule has 148 valence electrons. The van der Waals surface area contributed by atoms with Gasteiger partial charge in [-0.05, 0) is 47.4 Å². The predicted octanol–water partition coefficient (Wildman–Crippen LogP) is 7.50. The van der Waals surface area contributed by atoms with Crippen molar-refractivity contribution in [3.63, 3.8) is 0 Å². The summed E-state index contributed by atoms with van der Waals surface area (Å²) in [7, 11) is 0. The molecule has 0 aliphatic heterocycles. The number of hydrogen-bond acceptors (Lipinski definition) is 3. The minimum absolute atomic E-state index is 0.101. The summed E-state index contributed by atoms with van der Waals surface area (Å²) in [6.07, 6.45) is 3.25. The van der Waals surface area contributed by atoms with E-state index in [0.717, 1.165) is 5.56 Å². The molecule has 3 nitrogen and oxygen atoms in total. The first kappa shape index (κ1) is 21.1. The molecule has 5 heteroatoms. The molecule has 1 N–H and O–H groups in total. The number of benzene rings is 3. The molecule has 0 aliphatic rings. The molecule has 3 aromatic rings. The quantitative estimate of drug-likeness (QED) is 0.432. The lowest BCUT2D eigenvalue weighted by atomic mass is 9.85. The molecule has 0 aliphatic carbocycles. The number of hydrogen-bond donors (Lipinski definition) is 1. The highest BCUT2D eigenvalue weighted by molar-refractivity contribution is 6.33. The zero-order valence-corrected chi connectivity index (χ0v) is 18.0. The number of halogens is 2. The van der Waals surface area contributed by atoms with E-state index in [4.69, 9.17) is 23.2 Å². The summed E-state index contributed by atoms with van der Waals surface area (Å²) in [5.41, 5.74) is 3.41. The highest BCUT2D eigenvalue weighted by atomic mass is 35.5. The third-order valence-corrected chi connectivity index (χ3v) is 5.06. The first-order valence-corrected chi connectivity index (χ1v) is 9.96. The van der Waals surface area contributed by atoms with E-state index in [2.05, 4.69) is 30.8 Å². The average Bonchev–Trinajstić information content (AvgIpc) is 2.67. The van der Waals surface area contributed by atoms with E-state index in [1.165, 1.54) is 0 Å². The Hall–Kier alpha value is -2.62. The number of nitrogens with zero attached hydrogens (tertiary/aromatic N) is 2. The minimum atomic E-state index is -0.117. The van der Waals surface area contributed by atoms with E-state index in [1.54, 1.807) is 24.6 Å². The van der Waals surface area contributed by atoms with Crippen LogP contribution in [-0.2, 0) is 5.41 Å². The maximum atomic E-state index is 10.8. The van der Waals surface area contributed by atoms with E-state index in [1.807, 2.05) is 48.5 Å². The van der Waals surface area contributed by atoms with Crippen molar-refractivity contribution in [3.05, 3.63) is 87.4 Å². The van der Waals surface area contributed by atoms with Crippen LogP contribution in [0.5, 0.6) is 5.75 Å². The molecule has 0 amide bonds. The average molecular weight is 425 g/mol. The highest BCUT2D eigenvalue weighted by Gasteiger charge is 2.18. The van der Waals surface area contributed by atoms with E-state index >= 15 is 0 Å². The summed E-state index contributed by atoms with van der Waals surface area (Å²) < 4.78 is 0. The van der Waals surface area contributed by atoms with Gasteiger partial charge >= 0.3 is 0 Å². The molecule has 0 saturated carbocycles. The standard InChI is InChI=1S/C24H22Cl2N2O/c1-24(2,3)18-12-16(14-27-21-10-6-4-8-19(21)25)23(29)17(13-18)15-28-22-11-7-5-9-20(22)26/h4-15,29H,1-3H3. The molecule has 0 radical (unpaired) electrons. The van der Waals surface area contributed by atoms with E-state index in [0.29, 0.717) is 32.5 Å². The van der Waals surface area contributed by atoms with Crippen molar-refractivity contribution in [2.24, 2.45) is 9.98 Å². The van der Waals surface area contributed by atoms with Crippen molar-refractivity contribution in [2.45, 2.75) is 26.2 Å². The molecule has 0 fully saturated rings. The normalized spacial score (nSPS) is 12.2. The second-order valence-electron chi connectivity index (χ2n) is 7.67. The number of rotatable bonds is 4. The Kier molecular flexibility index (Phi) is 6.41. The Morgan fingerprint density at radius 1 is 0.759 bits per heavy atom. The van der Waals surface area contributed by atoms with Gasteiger partial charge in [0.05, 0.1) is 21.4 Å². The number of aromatic hydroxyl groups is 1. The maximum absolute atomic E-state index is 10.8. The van der Waals surface area contributed by atoms with Crippen molar-refractivity contribution in [2.75, 3.05) is 0 Å². The molecule has 0 heterocycles. The summed E-state index contributed by atoms with van der Waals surface area (Å²) in [4.78, 5) is 8.90. The van der Waals surface area contributed by atoms with Gasteiger partial charge in [0.25, 0.3) is 0 Å². The molecule has 0 bridgehead atoms. The van der Waals surface area contributed by atoms with Crippen molar-refractivity contribution in [3.8, 4) is 5.75 Å². The molecule has 0 aromatic heterocycles. The maximum Gasteiger partial charge on any atom is 0.133 e. The van der Waals surface area contributed by atoms with Crippen LogP contribution in [0.25, 0.3) is 0 Å². The first-order valence-electron chi connectivity index (χ1n) is 9.20. The number of phenols is 1. The van der Waals surface area contributed by atoms with Crippen LogP contribution in [0.15, 0.2) is 70.6 Å². The van der Waals surface area contributed by atoms with Gasteiger partial charge in [0, 0.05) is 23.6 Å². The van der Waals surface area contributed by atoms with Gasteiger partial charge in [-0.1, -0.05) is 68.2 Å². The van der Waals surface area contributed by atoms with Crippen LogP contribution in [0.3, 0.4) is 0 Å². The van der Waals surface area contributed by atoms with Gasteiger partial charge in [-0.15, -0.1) is 0 Å². The molecule has 0 unspecified atom stereocenters. The highest BCUT2D eigenvalue weighted by Crippen LogP contribution is 2.32. The summed E-state index contributed by atoms with van der Waals surface area (Å²) in [5, 5.41) is 11.9. The molecular formula is C24H22Cl2N2O. The third kappa shape index (κ3) is 5.26. The molecular weight excluding hydrogens is 403 g/mol. The number of para-hydroxylation sites is 2. The molecule has 0 atom stereocenters. The van der Waals surface area contributed by atoms with Gasteiger partial charge < -0.3 is 5.11 Å². The van der Waals surface area contributed by atoms with Crippen LogP contribution in [0.1, 0.15) is 37.5 Å². The molecule has 29 heavy (non-hydrogen) atoms. The van der Waals surface area contributed by atoms with Gasteiger partial charge in [-0.3, -0.25) is 9.98 Å². The third-order valence-electron chi connectivity index (χ3n) is 4.43. The van der Waals surface area contributed by atoms with Crippen LogP contribution >= 0.6 is 23.2 Å². The summed E-state index contributed by atoms with van der Waals surface area (Å²) in [6.45, 7) is 6.34. The topological polar surface area (TPSA) is 45.0 Å². The lowest BCUT2D eigenvalue weighted by Crippen LogP contribution is -2.12. The van der Waals surface area contributed by atoms with Crippen LogP contribution in [-0.4, -0.2) is 17.5 Å². The summed E-state index contributed by atoms with van der Waals surface area (Å²) in [5.74, 6) is 0.101. The second kappa shape index (κ2) is 8.81. The van der Waals surface area contributed by atoms with Crippen LogP contribution in [0.4, 0.5) is 11.4 Å². The van der Waals surface area contributed by atoms with E-state index < -0.39 is 0 Å². The molecule has 3 rings (SSSR count). The number of aliphatic imine (C=N–C) groups is 2. The number of phenolic OH excluding ortho intramolecular Hbond substituents is 1. The van der Waals surface area contributed by atoms with Gasteiger partial charge in [-0.25, -0.2) is 0 Å². The Morgan fingerprint density at radius 3 is 1.55 bits per heavy atom. The van der Waals surface area contributed by atoms with Crippen LogP contribution < -0.4 is 0 Å². The fourth-order valence-electron chi connectivity index (χ4n) is 2.70. The van der Waals surface area contributed by atoms with E-state index in [-0.39, 0.29) is 11.2 Å². The second-order valence-corrected chi connectivity index (χ2v) is 8.49. The fourth-order valence-corrected chi connectivity index (χ4v) is 3.07. The SMILES string of the molecule is CC(C)(C)c1cc(C=Nc2ccccc2Cl)c(O)c(C=Nc2ccccc2Cl)c1. The minimum Gasteiger partial charge on any atom is -0.507 e. The van der Waals surface area contributed by atoms with Crippen molar-refractivity contribution in [1.82, 2.24) is 0 Å². The molecule has 3 aromatic carbocycles. The Labute approximate surface area is 181 Å². The smallest absolute Gasteiger partial charge is 0.133 e. The fraction of sp³-hybridized carbons (Fsp3) is 0.167. The van der Waals surface area contributed by atoms with Gasteiger partial charge in [0.1, 0.15) is 5.75 Å².